The summed E-state index contributed by atoms with van der Waals surface area (Å²) in [5.74, 6) is 0. The Morgan fingerprint density at radius 3 is 2.71 bits per heavy atom. The second-order valence-corrected chi connectivity index (χ2v) is 7.24. The maximum Gasteiger partial charge on any atom is 0.244 e. The first-order valence-corrected chi connectivity index (χ1v) is 9.85. The molecule has 0 bridgehead atoms. The third-order valence-electron chi connectivity index (χ3n) is 4.27. The first-order valence-electron chi connectivity index (χ1n) is 9.09. The molecule has 0 aliphatic rings. The van der Waals surface area contributed by atoms with Crippen molar-refractivity contribution in [3.63, 3.8) is 0 Å². The molecule has 0 radical (unpaired) electrons. The average molecular weight is 414 g/mol. The van der Waals surface area contributed by atoms with Crippen molar-refractivity contribution in [1.29, 1.82) is 0 Å². The Labute approximate surface area is 176 Å². The predicted octanol–water partition coefficient (Wildman–Crippen LogP) is 5.74. The van der Waals surface area contributed by atoms with E-state index < -0.39 is 0 Å². The second-order valence-electron chi connectivity index (χ2n) is 6.40. The van der Waals surface area contributed by atoms with E-state index in [9.17, 15) is 0 Å². The van der Waals surface area contributed by atoms with E-state index in [1.54, 1.807) is 12.1 Å². The van der Waals surface area contributed by atoms with Gasteiger partial charge in [-0.05, 0) is 23.8 Å². The molecule has 0 spiro atoms. The largest absolute Gasteiger partial charge is 0.365 e. The number of nitrogens with zero attached hydrogens (tertiary/aromatic N) is 2. The van der Waals surface area contributed by atoms with Crippen LogP contribution >= 0.6 is 23.2 Å². The summed E-state index contributed by atoms with van der Waals surface area (Å²) in [5, 5.41) is 1.22. The molecule has 3 nitrogen and oxygen atoms in total. The number of halogens is 2. The Kier molecular flexibility index (Phi) is 7.49. The Bertz CT molecular complexity index is 935. The van der Waals surface area contributed by atoms with Crippen molar-refractivity contribution in [1.82, 2.24) is 4.57 Å². The van der Waals surface area contributed by atoms with Crippen molar-refractivity contribution in [2.45, 2.75) is 19.2 Å². The lowest BCUT2D eigenvalue weighted by atomic mass is 10.1. The van der Waals surface area contributed by atoms with Gasteiger partial charge in [0.05, 0.1) is 6.61 Å². The van der Waals surface area contributed by atoms with E-state index in [0.29, 0.717) is 23.2 Å². The van der Waals surface area contributed by atoms with Gasteiger partial charge in [-0.1, -0.05) is 71.8 Å². The lowest BCUT2D eigenvalue weighted by Crippen LogP contribution is -2.30. The van der Waals surface area contributed by atoms with Gasteiger partial charge in [0, 0.05) is 15.6 Å². The van der Waals surface area contributed by atoms with Crippen LogP contribution < -0.4 is 4.57 Å². The average Bonchev–Trinajstić information content (AvgIpc) is 3.13. The summed E-state index contributed by atoms with van der Waals surface area (Å²) in [6, 6.07) is 15.8. The van der Waals surface area contributed by atoms with Gasteiger partial charge in [0.1, 0.15) is 31.6 Å². The van der Waals surface area contributed by atoms with Crippen molar-refractivity contribution < 1.29 is 9.30 Å². The van der Waals surface area contributed by atoms with Crippen molar-refractivity contribution in [2.75, 3.05) is 6.61 Å². The van der Waals surface area contributed by atoms with E-state index >= 15 is 0 Å². The van der Waals surface area contributed by atoms with E-state index in [2.05, 4.69) is 46.3 Å². The summed E-state index contributed by atoms with van der Waals surface area (Å²) in [5.41, 5.74) is 2.11. The standard InChI is InChI=1S/C23H23Cl2N2O/c1-2-15-28-23(21-11-10-20(24)16-22(21)25)17-27-14-13-26(18-27)12-6-9-19-7-4-3-5-8-19/h2-11,13-14,16,18,23H,1,12,15,17H2/q+1/b9-6+. The van der Waals surface area contributed by atoms with Crippen LogP contribution in [0.5, 0.6) is 0 Å². The summed E-state index contributed by atoms with van der Waals surface area (Å²) in [4.78, 5) is 0. The minimum Gasteiger partial charge on any atom is -0.365 e. The summed E-state index contributed by atoms with van der Waals surface area (Å²) in [6.45, 7) is 5.62. The Hall–Kier alpha value is -2.33. The molecule has 5 heteroatoms. The van der Waals surface area contributed by atoms with Crippen LogP contribution in [0.3, 0.4) is 0 Å². The van der Waals surface area contributed by atoms with Crippen LogP contribution in [-0.4, -0.2) is 11.2 Å². The van der Waals surface area contributed by atoms with Crippen LogP contribution in [0.1, 0.15) is 17.2 Å². The van der Waals surface area contributed by atoms with Crippen molar-refractivity contribution in [3.8, 4) is 0 Å². The molecule has 0 amide bonds. The van der Waals surface area contributed by atoms with E-state index in [-0.39, 0.29) is 6.10 Å². The molecule has 2 aromatic carbocycles. The number of ether oxygens (including phenoxy) is 1. The molecule has 0 saturated carbocycles. The zero-order valence-electron chi connectivity index (χ0n) is 15.5. The van der Waals surface area contributed by atoms with Crippen molar-refractivity contribution in [3.05, 3.63) is 107 Å². The molecular formula is C23H23Cl2N2O+. The molecule has 28 heavy (non-hydrogen) atoms. The highest BCUT2D eigenvalue weighted by atomic mass is 35.5. The molecule has 0 aliphatic carbocycles. The highest BCUT2D eigenvalue weighted by Crippen LogP contribution is 2.29. The third-order valence-corrected chi connectivity index (χ3v) is 4.84. The Morgan fingerprint density at radius 1 is 1.14 bits per heavy atom. The smallest absolute Gasteiger partial charge is 0.244 e. The molecule has 1 atom stereocenters. The lowest BCUT2D eigenvalue weighted by molar-refractivity contribution is -0.686. The van der Waals surface area contributed by atoms with Gasteiger partial charge in [0.2, 0.25) is 6.33 Å². The molecule has 0 saturated heterocycles. The van der Waals surface area contributed by atoms with Gasteiger partial charge in [0.15, 0.2) is 0 Å². The van der Waals surface area contributed by atoms with Gasteiger partial charge in [-0.15, -0.1) is 6.58 Å². The lowest BCUT2D eigenvalue weighted by Gasteiger charge is -2.17. The number of allylic oxidation sites excluding steroid dienone is 1. The fourth-order valence-electron chi connectivity index (χ4n) is 2.91. The van der Waals surface area contributed by atoms with Gasteiger partial charge in [-0.2, -0.15) is 0 Å². The van der Waals surface area contributed by atoms with Gasteiger partial charge in [-0.25, -0.2) is 9.13 Å². The van der Waals surface area contributed by atoms with E-state index in [1.807, 2.05) is 42.7 Å². The molecular weight excluding hydrogens is 391 g/mol. The zero-order chi connectivity index (χ0) is 19.8. The van der Waals surface area contributed by atoms with Crippen LogP contribution in [-0.2, 0) is 17.8 Å². The van der Waals surface area contributed by atoms with Crippen LogP contribution in [0.25, 0.3) is 6.08 Å². The van der Waals surface area contributed by atoms with Gasteiger partial charge < -0.3 is 4.74 Å². The highest BCUT2D eigenvalue weighted by Gasteiger charge is 2.19. The van der Waals surface area contributed by atoms with Crippen LogP contribution in [0.2, 0.25) is 10.0 Å². The predicted molar refractivity (Wildman–Crippen MR) is 115 cm³/mol. The second kappa shape index (κ2) is 10.3. The summed E-state index contributed by atoms with van der Waals surface area (Å²) in [6.07, 6.45) is 11.9. The minimum absolute atomic E-state index is 0.191. The fourth-order valence-corrected chi connectivity index (χ4v) is 3.44. The number of benzene rings is 2. The Morgan fingerprint density at radius 2 is 1.96 bits per heavy atom. The minimum atomic E-state index is -0.191. The molecule has 0 fully saturated rings. The number of imidazole rings is 1. The molecule has 0 aliphatic heterocycles. The summed E-state index contributed by atoms with van der Waals surface area (Å²) >= 11 is 12.4. The summed E-state index contributed by atoms with van der Waals surface area (Å²) in [7, 11) is 0. The first kappa shape index (κ1) is 20.4. The molecule has 1 unspecified atom stereocenters. The van der Waals surface area contributed by atoms with Gasteiger partial charge >= 0.3 is 0 Å². The Balaban J connectivity index is 1.68. The first-order chi connectivity index (χ1) is 13.7. The SMILES string of the molecule is C=CCOC(Cn1cc[n+](C/C=C/c2ccccc2)c1)c1ccc(Cl)cc1Cl. The highest BCUT2D eigenvalue weighted by molar-refractivity contribution is 6.35. The number of hydrogen-bond donors (Lipinski definition) is 0. The fraction of sp³-hybridized carbons (Fsp3) is 0.174. The van der Waals surface area contributed by atoms with Crippen LogP contribution in [0.15, 0.2) is 86.0 Å². The third kappa shape index (κ3) is 5.83. The zero-order valence-corrected chi connectivity index (χ0v) is 17.1. The maximum absolute atomic E-state index is 6.39. The van der Waals surface area contributed by atoms with Gasteiger partial charge in [-0.3, -0.25) is 0 Å². The number of rotatable bonds is 9. The normalized spacial score (nSPS) is 12.4. The molecule has 144 valence electrons. The van der Waals surface area contributed by atoms with E-state index in [4.69, 9.17) is 27.9 Å². The quantitative estimate of drug-likeness (QED) is 0.323. The monoisotopic (exact) mass is 413 g/mol. The summed E-state index contributed by atoms with van der Waals surface area (Å²) < 4.78 is 10.2. The molecule has 1 aromatic heterocycles. The number of aromatic nitrogens is 2. The topological polar surface area (TPSA) is 18.0 Å². The van der Waals surface area contributed by atoms with Crippen LogP contribution in [0, 0.1) is 0 Å². The molecule has 3 rings (SSSR count). The molecule has 1 heterocycles. The van der Waals surface area contributed by atoms with Crippen LogP contribution in [0.4, 0.5) is 0 Å². The molecule has 3 aromatic rings. The number of hydrogen-bond acceptors (Lipinski definition) is 1. The van der Waals surface area contributed by atoms with Crippen molar-refractivity contribution >= 4 is 29.3 Å². The molecule has 0 N–H and O–H groups in total. The van der Waals surface area contributed by atoms with E-state index in [0.717, 1.165) is 12.1 Å². The maximum atomic E-state index is 6.39. The van der Waals surface area contributed by atoms with Gasteiger partial charge in [0.25, 0.3) is 0 Å². The van der Waals surface area contributed by atoms with Crippen molar-refractivity contribution in [2.24, 2.45) is 0 Å². The van der Waals surface area contributed by atoms with E-state index in [1.165, 1.54) is 5.56 Å².